The lowest BCUT2D eigenvalue weighted by atomic mass is 9.86. The average Bonchev–Trinajstić information content (AvgIpc) is 3.44. The summed E-state index contributed by atoms with van der Waals surface area (Å²) in [6.07, 6.45) is 8.17. The number of aromatic nitrogens is 2. The number of piperidine rings is 1. The summed E-state index contributed by atoms with van der Waals surface area (Å²) in [5.41, 5.74) is 0.725. The Bertz CT molecular complexity index is 1300. The van der Waals surface area contributed by atoms with E-state index in [0.717, 1.165) is 37.2 Å². The van der Waals surface area contributed by atoms with Gasteiger partial charge < -0.3 is 15.2 Å². The highest BCUT2D eigenvalue weighted by Gasteiger charge is 2.38. The summed E-state index contributed by atoms with van der Waals surface area (Å²) >= 11 is 0. The van der Waals surface area contributed by atoms with Gasteiger partial charge in [-0.25, -0.2) is 8.78 Å². The molecule has 0 unspecified atom stereocenters. The summed E-state index contributed by atoms with van der Waals surface area (Å²) < 4.78 is 32.7. The molecule has 0 radical (unpaired) electrons. The lowest BCUT2D eigenvalue weighted by Crippen LogP contribution is -2.58. The molecule has 2 amide bonds. The maximum Gasteiger partial charge on any atom is 0.273 e. The molecular weight excluding hydrogens is 504 g/mol. The highest BCUT2D eigenvalue weighted by Crippen LogP contribution is 2.29. The molecule has 2 aliphatic rings. The number of hydrogen-bond acceptors (Lipinski definition) is 6. The molecule has 3 heterocycles. The quantitative estimate of drug-likeness (QED) is 0.455. The Hall–Kier alpha value is -3.66. The van der Waals surface area contributed by atoms with Gasteiger partial charge in [-0.15, -0.1) is 0 Å². The van der Waals surface area contributed by atoms with Crippen molar-refractivity contribution in [2.24, 2.45) is 5.92 Å². The van der Waals surface area contributed by atoms with Crippen LogP contribution in [0.5, 0.6) is 0 Å². The molecule has 1 aromatic carbocycles. The maximum atomic E-state index is 14.2. The standard InChI is InChI=1S/C29H33F2N5O3/c1-18(24-9-5-6-13-32-24)33-28(37)22-17-36(20-7-3-2-4-8-20)14-12-25(22)34-29(38)26-16-27(39-35-26)21-11-10-19(30)15-23(21)31/h5-6,9-11,13,15-16,18,20,22,25H,2-4,7-8,12,14,17H2,1H3,(H,33,37)(H,34,38)/t18-,22-,25-/m1/s1. The van der Waals surface area contributed by atoms with Crippen molar-refractivity contribution < 1.29 is 22.9 Å². The molecule has 0 spiro atoms. The summed E-state index contributed by atoms with van der Waals surface area (Å²) in [4.78, 5) is 33.5. The lowest BCUT2D eigenvalue weighted by molar-refractivity contribution is -0.128. The summed E-state index contributed by atoms with van der Waals surface area (Å²) in [6, 6.07) is 9.71. The fourth-order valence-corrected chi connectivity index (χ4v) is 5.66. The van der Waals surface area contributed by atoms with Crippen LogP contribution in [0.15, 0.2) is 53.2 Å². The number of hydrogen-bond donors (Lipinski definition) is 2. The van der Waals surface area contributed by atoms with Gasteiger partial charge in [-0.1, -0.05) is 30.5 Å². The Kier molecular flexibility index (Phi) is 8.30. The highest BCUT2D eigenvalue weighted by atomic mass is 19.1. The Balaban J connectivity index is 1.31. The van der Waals surface area contributed by atoms with Crippen LogP contribution >= 0.6 is 0 Å². The van der Waals surface area contributed by atoms with E-state index in [4.69, 9.17) is 4.52 Å². The van der Waals surface area contributed by atoms with E-state index >= 15 is 0 Å². The van der Waals surface area contributed by atoms with E-state index in [9.17, 15) is 18.4 Å². The molecule has 1 saturated heterocycles. The molecule has 1 saturated carbocycles. The van der Waals surface area contributed by atoms with Crippen molar-refractivity contribution >= 4 is 11.8 Å². The van der Waals surface area contributed by atoms with Gasteiger partial charge in [0.05, 0.1) is 23.2 Å². The normalized spacial score (nSPS) is 21.3. The van der Waals surface area contributed by atoms with E-state index in [0.29, 0.717) is 19.0 Å². The third kappa shape index (κ3) is 6.33. The monoisotopic (exact) mass is 537 g/mol. The average molecular weight is 538 g/mol. The van der Waals surface area contributed by atoms with Gasteiger partial charge in [-0.2, -0.15) is 0 Å². The van der Waals surface area contributed by atoms with Crippen molar-refractivity contribution in [1.82, 2.24) is 25.7 Å². The zero-order valence-corrected chi connectivity index (χ0v) is 21.9. The van der Waals surface area contributed by atoms with E-state index in [1.165, 1.54) is 31.4 Å². The van der Waals surface area contributed by atoms with Gasteiger partial charge in [0, 0.05) is 43.5 Å². The second-order valence-electron chi connectivity index (χ2n) is 10.4. The number of amides is 2. The zero-order chi connectivity index (χ0) is 27.4. The number of pyridine rings is 1. The molecule has 10 heteroatoms. The fourth-order valence-electron chi connectivity index (χ4n) is 5.66. The maximum absolute atomic E-state index is 14.2. The van der Waals surface area contributed by atoms with Gasteiger partial charge in [0.15, 0.2) is 11.5 Å². The van der Waals surface area contributed by atoms with Crippen LogP contribution in [-0.2, 0) is 4.79 Å². The molecule has 1 aliphatic heterocycles. The third-order valence-electron chi connectivity index (χ3n) is 7.82. The molecule has 1 aliphatic carbocycles. The SMILES string of the molecule is C[C@@H](NC(=O)[C@@H]1CN(C2CCCCC2)CC[C@H]1NC(=O)c1cc(-c2ccc(F)cc2F)on1)c1ccccn1. The first-order chi connectivity index (χ1) is 18.9. The number of halogens is 2. The first-order valence-electron chi connectivity index (χ1n) is 13.6. The minimum atomic E-state index is -0.813. The van der Waals surface area contributed by atoms with Crippen LogP contribution in [0.3, 0.4) is 0 Å². The summed E-state index contributed by atoms with van der Waals surface area (Å²) in [5.74, 6) is -2.64. The van der Waals surface area contributed by atoms with Crippen molar-refractivity contribution in [1.29, 1.82) is 0 Å². The second-order valence-corrected chi connectivity index (χ2v) is 10.4. The molecule has 0 bridgehead atoms. The van der Waals surface area contributed by atoms with Gasteiger partial charge >= 0.3 is 0 Å². The fraction of sp³-hybridized carbons (Fsp3) is 0.448. The minimum absolute atomic E-state index is 0.00417. The lowest BCUT2D eigenvalue weighted by Gasteiger charge is -2.43. The van der Waals surface area contributed by atoms with E-state index in [1.54, 1.807) is 6.20 Å². The van der Waals surface area contributed by atoms with E-state index in [2.05, 4.69) is 25.7 Å². The van der Waals surface area contributed by atoms with Crippen LogP contribution in [0.4, 0.5) is 8.78 Å². The second kappa shape index (κ2) is 12.0. The van der Waals surface area contributed by atoms with E-state index < -0.39 is 29.5 Å². The molecule has 39 heavy (non-hydrogen) atoms. The van der Waals surface area contributed by atoms with Crippen LogP contribution in [0.1, 0.15) is 67.7 Å². The molecule has 2 fully saturated rings. The first-order valence-corrected chi connectivity index (χ1v) is 13.6. The molecule has 2 N–H and O–H groups in total. The molecular formula is C29H33F2N5O3. The van der Waals surface area contributed by atoms with Gasteiger partial charge in [0.1, 0.15) is 11.6 Å². The first kappa shape index (κ1) is 26.9. The van der Waals surface area contributed by atoms with Crippen LogP contribution in [-0.4, -0.2) is 52.0 Å². The number of likely N-dealkylation sites (tertiary alicyclic amines) is 1. The zero-order valence-electron chi connectivity index (χ0n) is 21.9. The van der Waals surface area contributed by atoms with Crippen molar-refractivity contribution in [2.75, 3.05) is 13.1 Å². The molecule has 5 rings (SSSR count). The van der Waals surface area contributed by atoms with Crippen LogP contribution in [0.2, 0.25) is 0 Å². The largest absolute Gasteiger partial charge is 0.355 e. The number of carbonyl (C=O) groups excluding carboxylic acids is 2. The van der Waals surface area contributed by atoms with Crippen LogP contribution in [0, 0.1) is 17.6 Å². The molecule has 3 aromatic rings. The Morgan fingerprint density at radius 3 is 2.64 bits per heavy atom. The molecule has 3 atom stereocenters. The highest BCUT2D eigenvalue weighted by molar-refractivity contribution is 5.94. The summed E-state index contributed by atoms with van der Waals surface area (Å²) in [7, 11) is 0. The van der Waals surface area contributed by atoms with Crippen molar-refractivity contribution in [3.05, 3.63) is 71.7 Å². The Labute approximate surface area is 226 Å². The smallest absolute Gasteiger partial charge is 0.273 e. The predicted octanol–water partition coefficient (Wildman–Crippen LogP) is 4.65. The number of benzene rings is 1. The number of rotatable bonds is 7. The summed E-state index contributed by atoms with van der Waals surface area (Å²) in [6.45, 7) is 3.21. The van der Waals surface area contributed by atoms with Crippen molar-refractivity contribution in [3.8, 4) is 11.3 Å². The third-order valence-corrected chi connectivity index (χ3v) is 7.82. The molecule has 206 valence electrons. The van der Waals surface area contributed by atoms with Gasteiger partial charge in [0.2, 0.25) is 5.91 Å². The number of nitrogens with zero attached hydrogens (tertiary/aromatic N) is 3. The Morgan fingerprint density at radius 2 is 1.90 bits per heavy atom. The predicted molar refractivity (Wildman–Crippen MR) is 140 cm³/mol. The van der Waals surface area contributed by atoms with E-state index in [1.807, 2.05) is 25.1 Å². The Morgan fingerprint density at radius 1 is 1.08 bits per heavy atom. The number of nitrogens with one attached hydrogen (secondary N) is 2. The molecule has 8 nitrogen and oxygen atoms in total. The van der Waals surface area contributed by atoms with Gasteiger partial charge in [-0.05, 0) is 50.5 Å². The van der Waals surface area contributed by atoms with Crippen LogP contribution in [0.25, 0.3) is 11.3 Å². The summed E-state index contributed by atoms with van der Waals surface area (Å²) in [5, 5.41) is 9.86. The molecule has 2 aromatic heterocycles. The number of carbonyl (C=O) groups is 2. The van der Waals surface area contributed by atoms with Gasteiger partial charge in [0.25, 0.3) is 5.91 Å². The van der Waals surface area contributed by atoms with E-state index in [-0.39, 0.29) is 29.0 Å². The minimum Gasteiger partial charge on any atom is -0.355 e. The van der Waals surface area contributed by atoms with Gasteiger partial charge in [-0.3, -0.25) is 19.5 Å². The topological polar surface area (TPSA) is 100 Å². The van der Waals surface area contributed by atoms with Crippen LogP contribution < -0.4 is 10.6 Å². The van der Waals surface area contributed by atoms with Crippen molar-refractivity contribution in [3.63, 3.8) is 0 Å². The van der Waals surface area contributed by atoms with Crippen molar-refractivity contribution in [2.45, 2.75) is 63.6 Å².